The Labute approximate surface area is 162 Å². The zero-order valence-corrected chi connectivity index (χ0v) is 15.8. The number of carbonyl (C=O) groups excluding carboxylic acids is 1. The SMILES string of the molecule is CCOc1ccc(N2CC(c3noc(-c4cccc(OC)c4)n3)CC2=O)cc1. The number of aromatic nitrogens is 2. The highest BCUT2D eigenvalue weighted by Gasteiger charge is 2.34. The number of amides is 1. The first kappa shape index (κ1) is 18.0. The van der Waals surface area contributed by atoms with E-state index in [0.717, 1.165) is 22.7 Å². The topological polar surface area (TPSA) is 77.7 Å². The number of nitrogens with zero attached hydrogens (tertiary/aromatic N) is 3. The molecule has 1 aromatic heterocycles. The Morgan fingerprint density at radius 1 is 1.18 bits per heavy atom. The summed E-state index contributed by atoms with van der Waals surface area (Å²) in [5, 5.41) is 4.11. The first-order valence-electron chi connectivity index (χ1n) is 9.19. The van der Waals surface area contributed by atoms with Gasteiger partial charge in [0.2, 0.25) is 5.91 Å². The minimum atomic E-state index is -0.109. The number of carbonyl (C=O) groups is 1. The van der Waals surface area contributed by atoms with E-state index >= 15 is 0 Å². The summed E-state index contributed by atoms with van der Waals surface area (Å²) in [5.74, 6) is 2.40. The molecule has 0 N–H and O–H groups in total. The van der Waals surface area contributed by atoms with E-state index in [1.807, 2.05) is 55.5 Å². The molecule has 2 aromatic carbocycles. The molecular weight excluding hydrogens is 358 g/mol. The molecule has 1 fully saturated rings. The first-order valence-corrected chi connectivity index (χ1v) is 9.19. The number of ether oxygens (including phenoxy) is 2. The second-order valence-corrected chi connectivity index (χ2v) is 6.52. The third kappa shape index (κ3) is 3.55. The van der Waals surface area contributed by atoms with Gasteiger partial charge in [0, 0.05) is 30.1 Å². The van der Waals surface area contributed by atoms with E-state index in [4.69, 9.17) is 14.0 Å². The first-order chi connectivity index (χ1) is 13.7. The molecule has 1 aliphatic heterocycles. The minimum Gasteiger partial charge on any atom is -0.497 e. The highest BCUT2D eigenvalue weighted by Crippen LogP contribution is 2.32. The molecule has 7 heteroatoms. The van der Waals surface area contributed by atoms with E-state index in [0.29, 0.717) is 31.3 Å². The summed E-state index contributed by atoms with van der Waals surface area (Å²) in [6.45, 7) is 3.06. The standard InChI is InChI=1S/C21H21N3O4/c1-3-27-17-9-7-16(8-10-17)24-13-15(12-19(24)25)20-22-21(28-23-20)14-5-4-6-18(11-14)26-2/h4-11,15H,3,12-13H2,1-2H3. The van der Waals surface area contributed by atoms with Gasteiger partial charge in [0.1, 0.15) is 11.5 Å². The molecule has 0 spiro atoms. The Bertz CT molecular complexity index is 968. The van der Waals surface area contributed by atoms with E-state index < -0.39 is 0 Å². The lowest BCUT2D eigenvalue weighted by Crippen LogP contribution is -2.24. The Morgan fingerprint density at radius 2 is 2.00 bits per heavy atom. The van der Waals surface area contributed by atoms with Crippen molar-refractivity contribution in [3.8, 4) is 23.0 Å². The predicted molar refractivity (Wildman–Crippen MR) is 104 cm³/mol. The van der Waals surface area contributed by atoms with Crippen molar-refractivity contribution in [3.05, 3.63) is 54.4 Å². The van der Waals surface area contributed by atoms with Gasteiger partial charge in [-0.2, -0.15) is 4.98 Å². The van der Waals surface area contributed by atoms with Crippen molar-refractivity contribution >= 4 is 11.6 Å². The van der Waals surface area contributed by atoms with Gasteiger partial charge >= 0.3 is 0 Å². The van der Waals surface area contributed by atoms with Crippen LogP contribution in [0.4, 0.5) is 5.69 Å². The van der Waals surface area contributed by atoms with Crippen LogP contribution in [0.25, 0.3) is 11.5 Å². The lowest BCUT2D eigenvalue weighted by molar-refractivity contribution is -0.117. The van der Waals surface area contributed by atoms with Gasteiger partial charge in [-0.3, -0.25) is 4.79 Å². The van der Waals surface area contributed by atoms with Gasteiger partial charge in [-0.1, -0.05) is 11.2 Å². The van der Waals surface area contributed by atoms with Gasteiger partial charge in [0.25, 0.3) is 5.89 Å². The van der Waals surface area contributed by atoms with E-state index in [1.165, 1.54) is 0 Å². The number of benzene rings is 2. The number of rotatable bonds is 6. The van der Waals surface area contributed by atoms with Crippen LogP contribution in [-0.2, 0) is 4.79 Å². The maximum Gasteiger partial charge on any atom is 0.258 e. The molecule has 0 radical (unpaired) electrons. The van der Waals surface area contributed by atoms with Gasteiger partial charge in [0.15, 0.2) is 5.82 Å². The maximum atomic E-state index is 12.5. The summed E-state index contributed by atoms with van der Waals surface area (Å²) in [7, 11) is 1.61. The Kier molecular flexibility index (Phi) is 4.97. The molecular formula is C21H21N3O4. The van der Waals surface area contributed by atoms with Gasteiger partial charge in [-0.05, 0) is 49.4 Å². The number of anilines is 1. The molecule has 28 heavy (non-hydrogen) atoms. The maximum absolute atomic E-state index is 12.5. The summed E-state index contributed by atoms with van der Waals surface area (Å²) in [6, 6.07) is 15.0. The van der Waals surface area contributed by atoms with E-state index in [9.17, 15) is 4.79 Å². The van der Waals surface area contributed by atoms with Crippen LogP contribution < -0.4 is 14.4 Å². The fourth-order valence-electron chi connectivity index (χ4n) is 3.29. The minimum absolute atomic E-state index is 0.0434. The van der Waals surface area contributed by atoms with Crippen molar-refractivity contribution in [2.75, 3.05) is 25.2 Å². The molecule has 4 rings (SSSR count). The van der Waals surface area contributed by atoms with Gasteiger partial charge < -0.3 is 18.9 Å². The van der Waals surface area contributed by atoms with Crippen LogP contribution in [0, 0.1) is 0 Å². The summed E-state index contributed by atoms with van der Waals surface area (Å²) in [6.07, 6.45) is 0.351. The molecule has 3 aromatic rings. The van der Waals surface area contributed by atoms with Crippen LogP contribution in [0.2, 0.25) is 0 Å². The second kappa shape index (κ2) is 7.72. The summed E-state index contributed by atoms with van der Waals surface area (Å²) in [5.41, 5.74) is 1.62. The van der Waals surface area contributed by atoms with E-state index in [1.54, 1.807) is 12.0 Å². The summed E-state index contributed by atoms with van der Waals surface area (Å²) < 4.78 is 16.1. The average molecular weight is 379 g/mol. The third-order valence-electron chi connectivity index (χ3n) is 4.71. The molecule has 1 atom stereocenters. The smallest absolute Gasteiger partial charge is 0.258 e. The zero-order chi connectivity index (χ0) is 19.5. The largest absolute Gasteiger partial charge is 0.497 e. The Balaban J connectivity index is 1.50. The van der Waals surface area contributed by atoms with Gasteiger partial charge in [-0.25, -0.2) is 0 Å². The zero-order valence-electron chi connectivity index (χ0n) is 15.8. The van der Waals surface area contributed by atoms with Crippen molar-refractivity contribution in [2.24, 2.45) is 0 Å². The molecule has 0 bridgehead atoms. The van der Waals surface area contributed by atoms with Crippen molar-refractivity contribution in [3.63, 3.8) is 0 Å². The van der Waals surface area contributed by atoms with Crippen molar-refractivity contribution in [2.45, 2.75) is 19.3 Å². The molecule has 0 aliphatic carbocycles. The van der Waals surface area contributed by atoms with Gasteiger partial charge in [0.05, 0.1) is 13.7 Å². The third-order valence-corrected chi connectivity index (χ3v) is 4.71. The Morgan fingerprint density at radius 3 is 2.75 bits per heavy atom. The second-order valence-electron chi connectivity index (χ2n) is 6.52. The van der Waals surface area contributed by atoms with Crippen molar-refractivity contribution < 1.29 is 18.8 Å². The fourth-order valence-corrected chi connectivity index (χ4v) is 3.29. The van der Waals surface area contributed by atoms with Crippen LogP contribution in [0.15, 0.2) is 53.1 Å². The predicted octanol–water partition coefficient (Wildman–Crippen LogP) is 3.66. The lowest BCUT2D eigenvalue weighted by atomic mass is 10.1. The van der Waals surface area contributed by atoms with Crippen molar-refractivity contribution in [1.29, 1.82) is 0 Å². The number of hydrogen-bond acceptors (Lipinski definition) is 6. The van der Waals surface area contributed by atoms with Crippen LogP contribution in [-0.4, -0.2) is 36.3 Å². The molecule has 144 valence electrons. The number of methoxy groups -OCH3 is 1. The molecule has 1 saturated heterocycles. The van der Waals surface area contributed by atoms with Crippen molar-refractivity contribution in [1.82, 2.24) is 10.1 Å². The van der Waals surface area contributed by atoms with Gasteiger partial charge in [-0.15, -0.1) is 0 Å². The molecule has 1 aliphatic rings. The normalized spacial score (nSPS) is 16.4. The molecule has 7 nitrogen and oxygen atoms in total. The molecule has 1 amide bonds. The van der Waals surface area contributed by atoms with E-state index in [2.05, 4.69) is 10.1 Å². The quantitative estimate of drug-likeness (QED) is 0.650. The lowest BCUT2D eigenvalue weighted by Gasteiger charge is -2.16. The molecule has 1 unspecified atom stereocenters. The van der Waals surface area contributed by atoms with Crippen LogP contribution in [0.5, 0.6) is 11.5 Å². The Hall–Kier alpha value is -3.35. The van der Waals surface area contributed by atoms with Crippen LogP contribution in [0.3, 0.4) is 0 Å². The molecule has 0 saturated carbocycles. The van der Waals surface area contributed by atoms with Crippen LogP contribution >= 0.6 is 0 Å². The summed E-state index contributed by atoms with van der Waals surface area (Å²) in [4.78, 5) is 18.8. The van der Waals surface area contributed by atoms with E-state index in [-0.39, 0.29) is 11.8 Å². The highest BCUT2D eigenvalue weighted by atomic mass is 16.5. The monoisotopic (exact) mass is 379 g/mol. The summed E-state index contributed by atoms with van der Waals surface area (Å²) >= 11 is 0. The fraction of sp³-hybridized carbons (Fsp3) is 0.286. The molecule has 2 heterocycles. The average Bonchev–Trinajstić information content (AvgIpc) is 3.36. The van der Waals surface area contributed by atoms with Crippen LogP contribution in [0.1, 0.15) is 25.1 Å². The highest BCUT2D eigenvalue weighted by molar-refractivity contribution is 5.96. The number of hydrogen-bond donors (Lipinski definition) is 0.